The van der Waals surface area contributed by atoms with Crippen molar-refractivity contribution in [3.63, 3.8) is 0 Å². The Labute approximate surface area is 313 Å². The maximum Gasteiger partial charge on any atom is 0.168 e. The van der Waals surface area contributed by atoms with Gasteiger partial charge in [-0.05, 0) is 115 Å². The highest BCUT2D eigenvalue weighted by molar-refractivity contribution is 8.76. The molecular weight excluding hydrogens is 697 g/mol. The van der Waals surface area contributed by atoms with E-state index in [1.54, 1.807) is 26.2 Å². The Hall–Kier alpha value is -3.45. The summed E-state index contributed by atoms with van der Waals surface area (Å²) >= 11 is 0. The van der Waals surface area contributed by atoms with Crippen molar-refractivity contribution < 1.29 is 34.7 Å². The number of nitrogens with one attached hydrogen (secondary N) is 2. The summed E-state index contributed by atoms with van der Waals surface area (Å²) in [5, 5.41) is 50.3. The predicted molar refractivity (Wildman–Crippen MR) is 211 cm³/mol. The van der Waals surface area contributed by atoms with Crippen LogP contribution >= 0.6 is 21.6 Å². The number of benzene rings is 4. The molecule has 0 amide bonds. The Morgan fingerprint density at radius 1 is 0.981 bits per heavy atom. The van der Waals surface area contributed by atoms with Gasteiger partial charge in [-0.2, -0.15) is 0 Å². The molecule has 11 heteroatoms. The second-order valence-electron chi connectivity index (χ2n) is 13.9. The van der Waals surface area contributed by atoms with Crippen LogP contribution in [0.2, 0.25) is 0 Å². The van der Waals surface area contributed by atoms with Gasteiger partial charge in [-0.1, -0.05) is 51.9 Å². The smallest absolute Gasteiger partial charge is 0.168 e. The number of hydrogen-bond donors (Lipinski definition) is 6. The van der Waals surface area contributed by atoms with Crippen LogP contribution in [0.5, 0.6) is 17.2 Å². The topological polar surface area (TPSA) is 141 Å². The lowest BCUT2D eigenvalue weighted by Gasteiger charge is -2.35. The first-order valence-corrected chi connectivity index (χ1v) is 20.5. The van der Waals surface area contributed by atoms with Gasteiger partial charge in [0.2, 0.25) is 0 Å². The van der Waals surface area contributed by atoms with Crippen LogP contribution in [-0.2, 0) is 28.3 Å². The molecule has 1 saturated carbocycles. The summed E-state index contributed by atoms with van der Waals surface area (Å²) in [6.45, 7) is 1.91. The molecule has 6 N–H and O–H groups in total. The molecule has 0 radical (unpaired) electrons. The van der Waals surface area contributed by atoms with E-state index in [0.29, 0.717) is 41.7 Å². The van der Waals surface area contributed by atoms with Crippen LogP contribution in [0.4, 0.5) is 5.69 Å². The number of aliphatic hydroxyl groups is 2. The number of phenols is 2. The fourth-order valence-electron chi connectivity index (χ4n) is 7.58. The minimum Gasteiger partial charge on any atom is -0.508 e. The summed E-state index contributed by atoms with van der Waals surface area (Å²) in [6.07, 6.45) is 3.69. The third kappa shape index (κ3) is 8.84. The first-order valence-electron chi connectivity index (χ1n) is 18.1. The molecule has 1 aliphatic carbocycles. The normalized spacial score (nSPS) is 20.9. The zero-order chi connectivity index (χ0) is 36.8. The molecule has 9 nitrogen and oxygen atoms in total. The predicted octanol–water partition coefficient (Wildman–Crippen LogP) is 7.86. The number of carbonyl (C=O) groups excluding carboxylic acids is 1. The van der Waals surface area contributed by atoms with Gasteiger partial charge in [0, 0.05) is 47.2 Å². The Kier molecular flexibility index (Phi) is 12.9. The quantitative estimate of drug-likeness (QED) is 0.0737. The zero-order valence-corrected chi connectivity index (χ0v) is 31.7. The molecule has 1 fully saturated rings. The second kappa shape index (κ2) is 17.6. The molecule has 0 unspecified atom stereocenters. The van der Waals surface area contributed by atoms with E-state index in [2.05, 4.69) is 16.7 Å². The summed E-state index contributed by atoms with van der Waals surface area (Å²) in [6, 6.07) is 18.8. The molecule has 4 aromatic rings. The van der Waals surface area contributed by atoms with Gasteiger partial charge in [-0.3, -0.25) is 10.1 Å². The molecule has 2 bridgehead atoms. The monoisotopic (exact) mass is 746 g/mol. The Balaban J connectivity index is 1.32. The maximum atomic E-state index is 13.9. The summed E-state index contributed by atoms with van der Waals surface area (Å²) < 4.78 is 12.6. The van der Waals surface area contributed by atoms with Crippen LogP contribution in [0.15, 0.2) is 60.7 Å². The summed E-state index contributed by atoms with van der Waals surface area (Å²) in [5.41, 5.74) is 5.97. The number of hydrogen-bond acceptors (Lipinski definition) is 11. The standard InChI is InChI=1S/C41H50N2O7S2/c1-24(45)21-43-36-16-9-28(18-29(36)22-44)41(42-2)50-38-20-31(47)12-5-27-10-17-37(48)40(49-3)39(27)33-15-8-25-4-11-30(46)19-34(25)35(33)23-51-52-32-13-6-26(38)7-14-32/h4,8-11,15-19,24,26,32,38,41-46,48H,5-7,12-14,20-23H2,1-3H3/t24-,26?,32?,38+,41+/m0/s1. The molecular formula is C41H50N2O7S2. The number of anilines is 1. The van der Waals surface area contributed by atoms with E-state index >= 15 is 0 Å². The third-order valence-corrected chi connectivity index (χ3v) is 13.2. The van der Waals surface area contributed by atoms with Gasteiger partial charge in [0.15, 0.2) is 11.5 Å². The highest BCUT2D eigenvalue weighted by Crippen LogP contribution is 2.47. The van der Waals surface area contributed by atoms with Gasteiger partial charge in [0.05, 0.1) is 25.9 Å². The van der Waals surface area contributed by atoms with Crippen LogP contribution in [0.3, 0.4) is 0 Å². The average molecular weight is 747 g/mol. The molecule has 2 aliphatic heterocycles. The lowest BCUT2D eigenvalue weighted by molar-refractivity contribution is -0.127. The van der Waals surface area contributed by atoms with E-state index in [1.807, 2.05) is 71.1 Å². The number of phenolic OH excluding ortho intramolecular Hbond substituents is 2. The molecule has 278 valence electrons. The molecule has 3 aliphatic rings. The van der Waals surface area contributed by atoms with E-state index in [0.717, 1.165) is 70.0 Å². The number of rotatable bonds is 9. The van der Waals surface area contributed by atoms with Crippen LogP contribution in [0.1, 0.15) is 73.9 Å². The lowest BCUT2D eigenvalue weighted by atomic mass is 9.82. The van der Waals surface area contributed by atoms with Gasteiger partial charge in [0.1, 0.15) is 17.8 Å². The third-order valence-electron chi connectivity index (χ3n) is 10.3. The molecule has 7 rings (SSSR count). The minimum absolute atomic E-state index is 0.0333. The Morgan fingerprint density at radius 3 is 2.50 bits per heavy atom. The molecule has 2 heterocycles. The number of aromatic hydroxyl groups is 2. The first-order chi connectivity index (χ1) is 25.2. The average Bonchev–Trinajstić information content (AvgIpc) is 3.15. The van der Waals surface area contributed by atoms with Crippen molar-refractivity contribution in [1.29, 1.82) is 0 Å². The number of carbonyl (C=O) groups is 1. The van der Waals surface area contributed by atoms with Crippen LogP contribution < -0.4 is 15.4 Å². The number of ether oxygens (including phenoxy) is 2. The number of aryl methyl sites for hydroxylation is 1. The Morgan fingerprint density at radius 2 is 1.77 bits per heavy atom. The van der Waals surface area contributed by atoms with Crippen LogP contribution in [-0.4, -0.2) is 64.4 Å². The van der Waals surface area contributed by atoms with E-state index in [9.17, 15) is 25.2 Å². The summed E-state index contributed by atoms with van der Waals surface area (Å²) in [7, 11) is 7.12. The van der Waals surface area contributed by atoms with Crippen LogP contribution in [0.25, 0.3) is 21.9 Å². The highest BCUT2D eigenvalue weighted by atomic mass is 33.1. The van der Waals surface area contributed by atoms with E-state index in [4.69, 9.17) is 9.47 Å². The van der Waals surface area contributed by atoms with Gasteiger partial charge >= 0.3 is 0 Å². The van der Waals surface area contributed by atoms with Gasteiger partial charge in [-0.25, -0.2) is 0 Å². The first kappa shape index (κ1) is 38.3. The van der Waals surface area contributed by atoms with Gasteiger partial charge < -0.3 is 35.2 Å². The zero-order valence-electron chi connectivity index (χ0n) is 30.1. The SMILES string of the molecule is CN[C@H](O[C@@H]1CC(=O)CCc2ccc(O)c(OC)c2-c2ccc3ccc(O)cc3c2CSSC2CCC1CC2)c1ccc(NC[C@H](C)O)c(CO)c1. The number of methoxy groups -OCH3 is 1. The molecule has 4 aromatic carbocycles. The van der Waals surface area contributed by atoms with Crippen molar-refractivity contribution in [1.82, 2.24) is 5.32 Å². The summed E-state index contributed by atoms with van der Waals surface area (Å²) in [5.74, 6) is 1.62. The lowest BCUT2D eigenvalue weighted by Crippen LogP contribution is -2.35. The fraction of sp³-hybridized carbons (Fsp3) is 0.439. The second-order valence-corrected chi connectivity index (χ2v) is 16.6. The van der Waals surface area contributed by atoms with Crippen molar-refractivity contribution in [3.05, 3.63) is 82.9 Å². The van der Waals surface area contributed by atoms with Crippen molar-refractivity contribution >= 4 is 43.8 Å². The van der Waals surface area contributed by atoms with Crippen molar-refractivity contribution in [2.45, 2.75) is 87.9 Å². The molecule has 0 aromatic heterocycles. The number of aliphatic hydroxyl groups excluding tert-OH is 2. The maximum absolute atomic E-state index is 13.9. The molecule has 0 saturated heterocycles. The molecule has 3 atom stereocenters. The summed E-state index contributed by atoms with van der Waals surface area (Å²) in [4.78, 5) is 13.9. The van der Waals surface area contributed by atoms with Crippen LogP contribution in [0, 0.1) is 5.92 Å². The molecule has 52 heavy (non-hydrogen) atoms. The number of fused-ring (bicyclic) bond motifs is 9. The number of ketones is 1. The fourth-order valence-corrected chi connectivity index (χ4v) is 10.4. The van der Waals surface area contributed by atoms with Crippen molar-refractivity contribution in [3.8, 4) is 28.4 Å². The molecule has 0 spiro atoms. The minimum atomic E-state index is -0.526. The van der Waals surface area contributed by atoms with Crippen molar-refractivity contribution in [2.24, 2.45) is 5.92 Å². The Bertz CT molecular complexity index is 1860. The largest absolute Gasteiger partial charge is 0.508 e. The van der Waals surface area contributed by atoms with E-state index < -0.39 is 12.3 Å². The van der Waals surface area contributed by atoms with Crippen molar-refractivity contribution in [2.75, 3.05) is 26.0 Å². The highest BCUT2D eigenvalue weighted by Gasteiger charge is 2.33. The number of Topliss-reactive ketones (excluding diaryl/α,β-unsaturated/α-hetero) is 1. The van der Waals surface area contributed by atoms with E-state index in [-0.39, 0.29) is 42.3 Å². The van der Waals surface area contributed by atoms with Gasteiger partial charge in [-0.15, -0.1) is 0 Å². The van der Waals surface area contributed by atoms with E-state index in [1.165, 1.54) is 0 Å². The van der Waals surface area contributed by atoms with Gasteiger partial charge in [0.25, 0.3) is 0 Å².